The van der Waals surface area contributed by atoms with Gasteiger partial charge in [-0.25, -0.2) is 0 Å². The van der Waals surface area contributed by atoms with Gasteiger partial charge in [-0.1, -0.05) is 0 Å². The zero-order valence-electron chi connectivity index (χ0n) is 9.75. The summed E-state index contributed by atoms with van der Waals surface area (Å²) in [7, 11) is 1.59. The Morgan fingerprint density at radius 3 is 2.67 bits per heavy atom. The number of methoxy groups -OCH3 is 1. The third-order valence-corrected chi connectivity index (χ3v) is 3.26. The Kier molecular flexibility index (Phi) is 5.51. The summed E-state index contributed by atoms with van der Waals surface area (Å²) in [6, 6.07) is 5.21. The summed E-state index contributed by atoms with van der Waals surface area (Å²) >= 11 is 1.41. The average Bonchev–Trinajstić information content (AvgIpc) is 2.33. The van der Waals surface area contributed by atoms with Crippen molar-refractivity contribution in [3.05, 3.63) is 29.3 Å². The Morgan fingerprint density at radius 2 is 2.11 bits per heavy atom. The van der Waals surface area contributed by atoms with Gasteiger partial charge in [0.15, 0.2) is 0 Å². The first-order chi connectivity index (χ1) is 8.49. The minimum absolute atomic E-state index is 0.334. The summed E-state index contributed by atoms with van der Waals surface area (Å²) in [5, 5.41) is 8.74. The van der Waals surface area contributed by atoms with E-state index in [1.807, 2.05) is 0 Å². The van der Waals surface area contributed by atoms with Crippen LogP contribution in [0.1, 0.15) is 17.5 Å². The molecule has 0 spiro atoms. The Hall–Kier alpha value is -1.19. The van der Waals surface area contributed by atoms with Gasteiger partial charge in [-0.05, 0) is 24.6 Å². The first kappa shape index (κ1) is 14.9. The number of thioether (sulfide) groups is 1. The first-order valence-corrected chi connectivity index (χ1v) is 6.20. The predicted octanol–water partition coefficient (Wildman–Crippen LogP) is 3.71. The average molecular weight is 275 g/mol. The van der Waals surface area contributed by atoms with Crippen molar-refractivity contribution in [2.24, 2.45) is 0 Å². The van der Waals surface area contributed by atoms with Gasteiger partial charge in [-0.3, -0.25) is 0 Å². The second-order valence-electron chi connectivity index (χ2n) is 3.51. The van der Waals surface area contributed by atoms with Crippen LogP contribution in [0.15, 0.2) is 23.1 Å². The minimum Gasteiger partial charge on any atom is -0.385 e. The molecule has 0 saturated heterocycles. The number of hydrogen-bond acceptors (Lipinski definition) is 3. The van der Waals surface area contributed by atoms with E-state index < -0.39 is 11.7 Å². The van der Waals surface area contributed by atoms with Crippen LogP contribution in [0, 0.1) is 11.3 Å². The molecule has 0 radical (unpaired) electrons. The number of nitriles is 1. The zero-order valence-corrected chi connectivity index (χ0v) is 10.6. The highest BCUT2D eigenvalue weighted by Gasteiger charge is 2.33. The molecule has 1 rings (SSSR count). The number of nitrogens with zero attached hydrogens (tertiary/aromatic N) is 1. The van der Waals surface area contributed by atoms with Crippen LogP contribution in [0.25, 0.3) is 0 Å². The van der Waals surface area contributed by atoms with Crippen LogP contribution in [-0.2, 0) is 10.9 Å². The first-order valence-electron chi connectivity index (χ1n) is 5.22. The highest BCUT2D eigenvalue weighted by Crippen LogP contribution is 2.33. The Balaban J connectivity index is 2.77. The minimum atomic E-state index is -4.48. The molecule has 0 aliphatic carbocycles. The number of halogens is 3. The van der Waals surface area contributed by atoms with Gasteiger partial charge >= 0.3 is 6.18 Å². The molecule has 18 heavy (non-hydrogen) atoms. The summed E-state index contributed by atoms with van der Waals surface area (Å²) in [4.78, 5) is 0.663. The number of benzene rings is 1. The largest absolute Gasteiger partial charge is 0.417 e. The standard InChI is InChI=1S/C12H12F3NOS/c1-17-5-2-6-18-10-3-4-11(12(13,14)15)9(7-10)8-16/h3-4,7H,2,5-6H2,1H3. The van der Waals surface area contributed by atoms with Crippen LogP contribution in [-0.4, -0.2) is 19.5 Å². The summed E-state index contributed by atoms with van der Waals surface area (Å²) in [5.41, 5.74) is -1.22. The van der Waals surface area contributed by atoms with Gasteiger partial charge in [-0.15, -0.1) is 11.8 Å². The van der Waals surface area contributed by atoms with E-state index in [1.54, 1.807) is 13.2 Å². The fraction of sp³-hybridized carbons (Fsp3) is 0.417. The van der Waals surface area contributed by atoms with Gasteiger partial charge in [0.2, 0.25) is 0 Å². The molecule has 0 atom stereocenters. The van der Waals surface area contributed by atoms with Gasteiger partial charge in [-0.2, -0.15) is 18.4 Å². The van der Waals surface area contributed by atoms with Crippen molar-refractivity contribution in [1.82, 2.24) is 0 Å². The normalized spacial score (nSPS) is 11.3. The molecule has 0 amide bonds. The molecule has 0 N–H and O–H groups in total. The third kappa shape index (κ3) is 4.24. The van der Waals surface area contributed by atoms with Crippen LogP contribution in [0.4, 0.5) is 13.2 Å². The maximum absolute atomic E-state index is 12.5. The molecule has 1 aromatic rings. The van der Waals surface area contributed by atoms with Crippen molar-refractivity contribution in [3.8, 4) is 6.07 Å². The molecule has 0 bridgehead atoms. The van der Waals surface area contributed by atoms with Gasteiger partial charge in [0.05, 0.1) is 17.2 Å². The molecule has 2 nitrogen and oxygen atoms in total. The molecule has 0 aliphatic rings. The fourth-order valence-corrected chi connectivity index (χ4v) is 2.21. The van der Waals surface area contributed by atoms with Crippen LogP contribution >= 0.6 is 11.8 Å². The molecule has 0 heterocycles. The van der Waals surface area contributed by atoms with Crippen LogP contribution in [0.2, 0.25) is 0 Å². The topological polar surface area (TPSA) is 33.0 Å². The van der Waals surface area contributed by atoms with Crippen molar-refractivity contribution in [3.63, 3.8) is 0 Å². The number of rotatable bonds is 5. The van der Waals surface area contributed by atoms with E-state index in [2.05, 4.69) is 0 Å². The van der Waals surface area contributed by atoms with Crippen molar-refractivity contribution in [2.75, 3.05) is 19.5 Å². The Labute approximate surface area is 108 Å². The molecule has 1 aromatic carbocycles. The molecular formula is C12H12F3NOS. The van der Waals surface area contributed by atoms with Crippen LogP contribution < -0.4 is 0 Å². The second kappa shape index (κ2) is 6.66. The van der Waals surface area contributed by atoms with Crippen LogP contribution in [0.5, 0.6) is 0 Å². The van der Waals surface area contributed by atoms with E-state index in [0.29, 0.717) is 11.5 Å². The Morgan fingerprint density at radius 1 is 1.39 bits per heavy atom. The van der Waals surface area contributed by atoms with Crippen molar-refractivity contribution >= 4 is 11.8 Å². The predicted molar refractivity (Wildman–Crippen MR) is 63.4 cm³/mol. The number of ether oxygens (including phenoxy) is 1. The molecule has 98 valence electrons. The van der Waals surface area contributed by atoms with E-state index in [0.717, 1.165) is 18.2 Å². The molecule has 0 aliphatic heterocycles. The van der Waals surface area contributed by atoms with E-state index >= 15 is 0 Å². The summed E-state index contributed by atoms with van der Waals surface area (Å²) < 4.78 is 42.5. The molecule has 0 aromatic heterocycles. The molecule has 0 saturated carbocycles. The molecule has 0 unspecified atom stereocenters. The van der Waals surface area contributed by atoms with Gasteiger partial charge in [0.25, 0.3) is 0 Å². The maximum atomic E-state index is 12.5. The van der Waals surface area contributed by atoms with Crippen molar-refractivity contribution in [2.45, 2.75) is 17.5 Å². The summed E-state index contributed by atoms with van der Waals surface area (Å²) in [6.45, 7) is 0.610. The van der Waals surface area contributed by atoms with Crippen molar-refractivity contribution in [1.29, 1.82) is 5.26 Å². The lowest BCUT2D eigenvalue weighted by Gasteiger charge is -2.09. The lowest BCUT2D eigenvalue weighted by Crippen LogP contribution is -2.07. The summed E-state index contributed by atoms with van der Waals surface area (Å²) in [6.07, 6.45) is -3.67. The third-order valence-electron chi connectivity index (χ3n) is 2.18. The number of alkyl halides is 3. The SMILES string of the molecule is COCCCSc1ccc(C(F)(F)F)c(C#N)c1. The lowest BCUT2D eigenvalue weighted by atomic mass is 10.1. The Bertz CT molecular complexity index is 440. The highest BCUT2D eigenvalue weighted by atomic mass is 32.2. The number of hydrogen-bond donors (Lipinski definition) is 0. The molecular weight excluding hydrogens is 263 g/mol. The van der Waals surface area contributed by atoms with Gasteiger partial charge < -0.3 is 4.74 Å². The van der Waals surface area contributed by atoms with Crippen molar-refractivity contribution < 1.29 is 17.9 Å². The fourth-order valence-electron chi connectivity index (χ4n) is 1.35. The van der Waals surface area contributed by atoms with Gasteiger partial charge in [0, 0.05) is 24.4 Å². The molecule has 0 fully saturated rings. The van der Waals surface area contributed by atoms with E-state index in [-0.39, 0.29) is 5.56 Å². The smallest absolute Gasteiger partial charge is 0.385 e. The van der Waals surface area contributed by atoms with E-state index in [4.69, 9.17) is 10.00 Å². The van der Waals surface area contributed by atoms with Gasteiger partial charge in [0.1, 0.15) is 0 Å². The second-order valence-corrected chi connectivity index (χ2v) is 4.68. The van der Waals surface area contributed by atoms with E-state index in [1.165, 1.54) is 23.9 Å². The zero-order chi connectivity index (χ0) is 13.6. The van der Waals surface area contributed by atoms with Crippen LogP contribution in [0.3, 0.4) is 0 Å². The monoisotopic (exact) mass is 275 g/mol. The summed E-state index contributed by atoms with van der Waals surface area (Å²) in [5.74, 6) is 0.740. The van der Waals surface area contributed by atoms with E-state index in [9.17, 15) is 13.2 Å². The molecule has 6 heteroatoms. The highest BCUT2D eigenvalue weighted by molar-refractivity contribution is 7.99. The quantitative estimate of drug-likeness (QED) is 0.606. The lowest BCUT2D eigenvalue weighted by molar-refractivity contribution is -0.137. The maximum Gasteiger partial charge on any atom is 0.417 e.